The summed E-state index contributed by atoms with van der Waals surface area (Å²) in [7, 11) is 6.64. The number of phenols is 1. The van der Waals surface area contributed by atoms with Crippen LogP contribution in [0, 0.1) is 11.8 Å². The molecule has 0 heterocycles. The standard InChI is InChI=1S/C30H40N6O8/c1-35(2)18-11-17(33-19(34-44)12-32-14-7-5-6-8-14)24(37)21-15(18)9-13-10-16-23(36(3)4)26(39)22(29(31)42)28(41)30(16,43)27(40)20(13)25(21)38/h11,13-14,16,23,32,37-38,41,43-44H,5-10,12H2,1-4H3,(H2,31,42)(H,33,34)/t13?,16?,23-,30-/m0/s1. The average molecular weight is 613 g/mol. The summed E-state index contributed by atoms with van der Waals surface area (Å²) in [4.78, 5) is 47.2. The van der Waals surface area contributed by atoms with Crippen LogP contribution in [-0.2, 0) is 20.8 Å². The van der Waals surface area contributed by atoms with E-state index in [1.807, 2.05) is 0 Å². The van der Waals surface area contributed by atoms with Crippen LogP contribution >= 0.6 is 0 Å². The number of aromatic hydroxyl groups is 1. The van der Waals surface area contributed by atoms with E-state index in [-0.39, 0.29) is 48.1 Å². The van der Waals surface area contributed by atoms with Gasteiger partial charge in [0.05, 0.1) is 18.2 Å². The molecule has 1 aromatic carbocycles. The van der Waals surface area contributed by atoms with Crippen molar-refractivity contribution >= 4 is 40.4 Å². The highest BCUT2D eigenvalue weighted by Gasteiger charge is 2.64. The maximum absolute atomic E-state index is 14.1. The molecule has 0 aliphatic heterocycles. The van der Waals surface area contributed by atoms with Crippen molar-refractivity contribution in [1.82, 2.24) is 15.7 Å². The molecule has 4 atom stereocenters. The zero-order valence-electron chi connectivity index (χ0n) is 25.2. The molecule has 2 unspecified atom stereocenters. The molecular weight excluding hydrogens is 572 g/mol. The van der Waals surface area contributed by atoms with Crippen molar-refractivity contribution in [2.45, 2.75) is 56.2 Å². The average Bonchev–Trinajstić information content (AvgIpc) is 3.47. The van der Waals surface area contributed by atoms with Crippen molar-refractivity contribution in [3.05, 3.63) is 34.1 Å². The molecule has 1 amide bonds. The van der Waals surface area contributed by atoms with Crippen molar-refractivity contribution in [3.63, 3.8) is 0 Å². The van der Waals surface area contributed by atoms with Crippen LogP contribution in [0.5, 0.6) is 5.75 Å². The van der Waals surface area contributed by atoms with Crippen molar-refractivity contribution in [2.24, 2.45) is 22.6 Å². The van der Waals surface area contributed by atoms with Crippen LogP contribution in [0.3, 0.4) is 0 Å². The SMILES string of the molecule is CN(C)c1cc(N=C(CNC2CCCC2)NO)c(O)c2c1CC1CC3[C@H](N(C)C)C(=O)C(C(N)=O)=C(O)[C@@]3(O)C(=O)C1=C2O. The first-order valence-corrected chi connectivity index (χ1v) is 14.7. The molecule has 2 saturated carbocycles. The molecule has 14 nitrogen and oxygen atoms in total. The first kappa shape index (κ1) is 31.4. The molecule has 0 saturated heterocycles. The van der Waals surface area contributed by atoms with Gasteiger partial charge in [-0.15, -0.1) is 0 Å². The molecule has 0 radical (unpaired) electrons. The highest BCUT2D eigenvalue weighted by Crippen LogP contribution is 2.54. The molecule has 0 aromatic heterocycles. The van der Waals surface area contributed by atoms with Gasteiger partial charge < -0.3 is 36.4 Å². The lowest BCUT2D eigenvalue weighted by molar-refractivity contribution is -0.153. The minimum atomic E-state index is -2.72. The second kappa shape index (κ2) is 11.5. The Balaban J connectivity index is 1.65. The third-order valence-corrected chi connectivity index (χ3v) is 9.46. The minimum Gasteiger partial charge on any atom is -0.508 e. The number of nitrogens with zero attached hydrogens (tertiary/aromatic N) is 3. The van der Waals surface area contributed by atoms with E-state index >= 15 is 0 Å². The third kappa shape index (κ3) is 4.82. The maximum atomic E-state index is 14.1. The van der Waals surface area contributed by atoms with E-state index in [4.69, 9.17) is 5.73 Å². The monoisotopic (exact) mass is 612 g/mol. The van der Waals surface area contributed by atoms with Gasteiger partial charge in [-0.1, -0.05) is 12.8 Å². The topological polar surface area (TPSA) is 221 Å². The van der Waals surface area contributed by atoms with Crippen molar-refractivity contribution < 1.29 is 40.0 Å². The fraction of sp³-hybridized carbons (Fsp3) is 0.533. The number of aliphatic hydroxyl groups excluding tert-OH is 2. The summed E-state index contributed by atoms with van der Waals surface area (Å²) in [6.07, 6.45) is 4.38. The van der Waals surface area contributed by atoms with Crippen molar-refractivity contribution in [1.29, 1.82) is 0 Å². The van der Waals surface area contributed by atoms with Gasteiger partial charge in [0.1, 0.15) is 28.6 Å². The third-order valence-electron chi connectivity index (χ3n) is 9.46. The molecule has 4 aliphatic carbocycles. The van der Waals surface area contributed by atoms with Crippen LogP contribution in [0.15, 0.2) is 28.0 Å². The smallest absolute Gasteiger partial charge is 0.255 e. The number of amides is 1. The fourth-order valence-corrected chi connectivity index (χ4v) is 7.38. The number of fused-ring (bicyclic) bond motifs is 3. The Labute approximate surface area is 254 Å². The number of aliphatic imine (C=N–C) groups is 1. The quantitative estimate of drug-likeness (QED) is 0.0917. The van der Waals surface area contributed by atoms with E-state index in [0.717, 1.165) is 25.7 Å². The van der Waals surface area contributed by atoms with E-state index in [1.54, 1.807) is 39.2 Å². The van der Waals surface area contributed by atoms with Gasteiger partial charge in [-0.05, 0) is 57.3 Å². The second-order valence-corrected chi connectivity index (χ2v) is 12.5. The van der Waals surface area contributed by atoms with Gasteiger partial charge in [0.25, 0.3) is 5.91 Å². The minimum absolute atomic E-state index is 0.00921. The summed E-state index contributed by atoms with van der Waals surface area (Å²) in [6.45, 7) is 0.191. The van der Waals surface area contributed by atoms with E-state index in [2.05, 4.69) is 15.8 Å². The number of primary amides is 1. The van der Waals surface area contributed by atoms with E-state index in [1.165, 1.54) is 4.90 Å². The number of hydrogen-bond acceptors (Lipinski definition) is 12. The molecule has 4 aliphatic rings. The van der Waals surface area contributed by atoms with Gasteiger partial charge in [-0.2, -0.15) is 0 Å². The Morgan fingerprint density at radius 2 is 1.80 bits per heavy atom. The lowest BCUT2D eigenvalue weighted by Gasteiger charge is -2.50. The number of anilines is 1. The number of Topliss-reactive ketones (excluding diaryl/α,β-unsaturated/α-hetero) is 2. The Morgan fingerprint density at radius 3 is 2.36 bits per heavy atom. The van der Waals surface area contributed by atoms with Gasteiger partial charge in [-0.25, -0.2) is 4.99 Å². The zero-order valence-corrected chi connectivity index (χ0v) is 25.2. The van der Waals surface area contributed by atoms with E-state index in [0.29, 0.717) is 11.3 Å². The van der Waals surface area contributed by atoms with Crippen LogP contribution in [0.2, 0.25) is 0 Å². The van der Waals surface area contributed by atoms with Gasteiger partial charge in [0.15, 0.2) is 17.1 Å². The summed E-state index contributed by atoms with van der Waals surface area (Å²) in [6, 6.07) is 0.734. The maximum Gasteiger partial charge on any atom is 0.255 e. The molecule has 44 heavy (non-hydrogen) atoms. The summed E-state index contributed by atoms with van der Waals surface area (Å²) in [5.41, 5.74) is 4.65. The zero-order chi connectivity index (χ0) is 32.2. The molecule has 1 aromatic rings. The Bertz CT molecular complexity index is 1510. The molecule has 9 N–H and O–H groups in total. The number of hydrogen-bond donors (Lipinski definition) is 8. The molecule has 0 bridgehead atoms. The second-order valence-electron chi connectivity index (χ2n) is 12.5. The number of ketones is 2. The number of amidine groups is 1. The first-order chi connectivity index (χ1) is 20.7. The normalized spacial score (nSPS) is 27.4. The van der Waals surface area contributed by atoms with Crippen LogP contribution in [-0.4, -0.2) is 106 Å². The number of rotatable bonds is 7. The van der Waals surface area contributed by atoms with Gasteiger partial charge in [0, 0.05) is 37.3 Å². The summed E-state index contributed by atoms with van der Waals surface area (Å²) in [5, 5.41) is 59.0. The summed E-state index contributed by atoms with van der Waals surface area (Å²) < 4.78 is 0. The number of nitrogens with one attached hydrogen (secondary N) is 2. The summed E-state index contributed by atoms with van der Waals surface area (Å²) in [5.74, 6) is -7.12. The number of hydroxylamine groups is 1. The number of aliphatic hydroxyl groups is 3. The van der Waals surface area contributed by atoms with Crippen molar-refractivity contribution in [2.75, 3.05) is 39.6 Å². The number of benzene rings is 1. The number of carbonyl (C=O) groups excluding carboxylic acids is 3. The number of likely N-dealkylation sites (N-methyl/N-ethyl adjacent to an activating group) is 1. The molecule has 14 heteroatoms. The number of phenolic OH excluding ortho intramolecular Hbond substituents is 1. The summed E-state index contributed by atoms with van der Waals surface area (Å²) >= 11 is 0. The highest BCUT2D eigenvalue weighted by atomic mass is 16.5. The predicted octanol–water partition coefficient (Wildman–Crippen LogP) is 0.571. The van der Waals surface area contributed by atoms with Crippen molar-refractivity contribution in [3.8, 4) is 5.75 Å². The first-order valence-electron chi connectivity index (χ1n) is 14.7. The highest BCUT2D eigenvalue weighted by molar-refractivity contribution is 6.24. The van der Waals surface area contributed by atoms with Crippen LogP contribution in [0.25, 0.3) is 5.76 Å². The van der Waals surface area contributed by atoms with Gasteiger partial charge in [0.2, 0.25) is 5.78 Å². The molecule has 238 valence electrons. The van der Waals surface area contributed by atoms with E-state index < -0.39 is 63.8 Å². The Morgan fingerprint density at radius 1 is 1.14 bits per heavy atom. The van der Waals surface area contributed by atoms with Crippen LogP contribution in [0.1, 0.15) is 43.2 Å². The molecular formula is C30H40N6O8. The molecule has 2 fully saturated rings. The van der Waals surface area contributed by atoms with Crippen LogP contribution in [0.4, 0.5) is 11.4 Å². The van der Waals surface area contributed by atoms with E-state index in [9.17, 15) is 40.0 Å². The van der Waals surface area contributed by atoms with Crippen LogP contribution < -0.4 is 21.4 Å². The fourth-order valence-electron chi connectivity index (χ4n) is 7.38. The Hall–Kier alpha value is -3.98. The molecule has 5 rings (SSSR count). The Kier molecular flexibility index (Phi) is 8.22. The number of carbonyl (C=O) groups is 3. The lowest BCUT2D eigenvalue weighted by atomic mass is 9.57. The van der Waals surface area contributed by atoms with Gasteiger partial charge >= 0.3 is 0 Å². The molecule has 0 spiro atoms. The predicted molar refractivity (Wildman–Crippen MR) is 161 cm³/mol. The largest absolute Gasteiger partial charge is 0.508 e. The van der Waals surface area contributed by atoms with Gasteiger partial charge in [-0.3, -0.25) is 30.0 Å². The lowest BCUT2D eigenvalue weighted by Crippen LogP contribution is -2.65. The number of nitrogens with two attached hydrogens (primary N) is 1.